The van der Waals surface area contributed by atoms with Crippen molar-refractivity contribution in [1.82, 2.24) is 14.9 Å². The Morgan fingerprint density at radius 2 is 2.14 bits per heavy atom. The van der Waals surface area contributed by atoms with E-state index in [1.54, 1.807) is 18.2 Å². The van der Waals surface area contributed by atoms with Gasteiger partial charge in [0.25, 0.3) is 0 Å². The first kappa shape index (κ1) is 13.4. The van der Waals surface area contributed by atoms with Gasteiger partial charge in [-0.2, -0.15) is 10.2 Å². The molecule has 1 aromatic carbocycles. The van der Waals surface area contributed by atoms with E-state index in [1.165, 1.54) is 0 Å². The lowest BCUT2D eigenvalue weighted by Crippen LogP contribution is -2.35. The van der Waals surface area contributed by atoms with Gasteiger partial charge in [-0.05, 0) is 12.1 Å². The summed E-state index contributed by atoms with van der Waals surface area (Å²) in [5.41, 5.74) is 0.800. The lowest BCUT2D eigenvalue weighted by molar-refractivity contribution is 0.116. The van der Waals surface area contributed by atoms with Crippen LogP contribution >= 0.6 is 0 Å². The van der Waals surface area contributed by atoms with Gasteiger partial charge in [-0.1, -0.05) is 0 Å². The van der Waals surface area contributed by atoms with Gasteiger partial charge >= 0.3 is 6.01 Å². The summed E-state index contributed by atoms with van der Waals surface area (Å²) in [5, 5.41) is 9.78. The standard InChI is InChI=1S/C15H16N4O2/c1-20-13-3-2-11-9-17-15(18-14(11)8-13)21-12-4-6-19(10-16)7-5-12/h2-3,8-9,12H,4-7H2,1H3. The van der Waals surface area contributed by atoms with Gasteiger partial charge in [0.2, 0.25) is 0 Å². The molecule has 0 atom stereocenters. The topological polar surface area (TPSA) is 71.3 Å². The van der Waals surface area contributed by atoms with E-state index in [0.717, 1.165) is 42.6 Å². The fourth-order valence-corrected chi connectivity index (χ4v) is 2.39. The molecule has 0 radical (unpaired) electrons. The van der Waals surface area contributed by atoms with E-state index in [4.69, 9.17) is 14.7 Å². The number of benzene rings is 1. The predicted octanol–water partition coefficient (Wildman–Crippen LogP) is 1.96. The summed E-state index contributed by atoms with van der Waals surface area (Å²) >= 11 is 0. The highest BCUT2D eigenvalue weighted by molar-refractivity contribution is 5.79. The Balaban J connectivity index is 1.74. The van der Waals surface area contributed by atoms with E-state index in [1.807, 2.05) is 18.2 Å². The van der Waals surface area contributed by atoms with Crippen molar-refractivity contribution in [1.29, 1.82) is 5.26 Å². The number of fused-ring (bicyclic) bond motifs is 1. The molecule has 6 heteroatoms. The van der Waals surface area contributed by atoms with Gasteiger partial charge in [-0.15, -0.1) is 0 Å². The number of rotatable bonds is 3. The van der Waals surface area contributed by atoms with Crippen molar-refractivity contribution in [3.63, 3.8) is 0 Å². The monoisotopic (exact) mass is 284 g/mol. The summed E-state index contributed by atoms with van der Waals surface area (Å²) in [7, 11) is 1.63. The lowest BCUT2D eigenvalue weighted by Gasteiger charge is -2.27. The Kier molecular flexibility index (Phi) is 3.73. The third-order valence-electron chi connectivity index (χ3n) is 3.62. The van der Waals surface area contributed by atoms with Gasteiger partial charge in [0.15, 0.2) is 6.19 Å². The van der Waals surface area contributed by atoms with Crippen molar-refractivity contribution in [3.05, 3.63) is 24.4 Å². The molecule has 21 heavy (non-hydrogen) atoms. The summed E-state index contributed by atoms with van der Waals surface area (Å²) < 4.78 is 11.0. The van der Waals surface area contributed by atoms with Crippen LogP contribution in [-0.2, 0) is 0 Å². The molecule has 1 aliphatic heterocycles. The van der Waals surface area contributed by atoms with E-state index in [2.05, 4.69) is 16.2 Å². The van der Waals surface area contributed by atoms with E-state index in [0.29, 0.717) is 6.01 Å². The molecule has 6 nitrogen and oxygen atoms in total. The van der Waals surface area contributed by atoms with Gasteiger partial charge in [0.05, 0.1) is 12.6 Å². The molecule has 0 N–H and O–H groups in total. The third-order valence-corrected chi connectivity index (χ3v) is 3.62. The number of ether oxygens (including phenoxy) is 2. The Bertz CT molecular complexity index is 675. The van der Waals surface area contributed by atoms with Gasteiger partial charge in [-0.25, -0.2) is 4.98 Å². The molecule has 0 unspecified atom stereocenters. The molecule has 108 valence electrons. The Morgan fingerprint density at radius 3 is 2.86 bits per heavy atom. The molecular formula is C15H16N4O2. The fraction of sp³-hybridized carbons (Fsp3) is 0.400. The second-order valence-electron chi connectivity index (χ2n) is 4.98. The number of methoxy groups -OCH3 is 1. The van der Waals surface area contributed by atoms with Crippen molar-refractivity contribution in [2.24, 2.45) is 0 Å². The molecule has 1 aliphatic rings. The maximum atomic E-state index is 8.83. The molecule has 1 fully saturated rings. The highest BCUT2D eigenvalue weighted by atomic mass is 16.5. The fourth-order valence-electron chi connectivity index (χ4n) is 2.39. The molecule has 0 saturated carbocycles. The van der Waals surface area contributed by atoms with Gasteiger partial charge in [0, 0.05) is 43.6 Å². The maximum absolute atomic E-state index is 8.83. The van der Waals surface area contributed by atoms with Crippen molar-refractivity contribution >= 4 is 10.9 Å². The van der Waals surface area contributed by atoms with Crippen molar-refractivity contribution < 1.29 is 9.47 Å². The summed E-state index contributed by atoms with van der Waals surface area (Å²) in [5.74, 6) is 0.759. The minimum Gasteiger partial charge on any atom is -0.497 e. The van der Waals surface area contributed by atoms with E-state index < -0.39 is 0 Å². The minimum absolute atomic E-state index is 0.0673. The normalized spacial score (nSPS) is 15.7. The number of aromatic nitrogens is 2. The number of likely N-dealkylation sites (tertiary alicyclic amines) is 1. The Hall–Kier alpha value is -2.55. The largest absolute Gasteiger partial charge is 0.497 e. The van der Waals surface area contributed by atoms with Crippen molar-refractivity contribution in [3.8, 4) is 18.0 Å². The zero-order valence-corrected chi connectivity index (χ0v) is 11.8. The van der Waals surface area contributed by atoms with Crippen LogP contribution in [-0.4, -0.2) is 41.2 Å². The molecule has 3 rings (SSSR count). The predicted molar refractivity (Wildman–Crippen MR) is 76.9 cm³/mol. The van der Waals surface area contributed by atoms with Crippen LogP contribution in [0.3, 0.4) is 0 Å². The van der Waals surface area contributed by atoms with Crippen LogP contribution in [0, 0.1) is 11.5 Å². The SMILES string of the molecule is COc1ccc2cnc(OC3CCN(C#N)CC3)nc2c1. The third kappa shape index (κ3) is 2.97. The van der Waals surface area contributed by atoms with Gasteiger partial charge in [0.1, 0.15) is 11.9 Å². The first-order valence-electron chi connectivity index (χ1n) is 6.90. The number of hydrogen-bond acceptors (Lipinski definition) is 6. The van der Waals surface area contributed by atoms with Crippen LogP contribution in [0.15, 0.2) is 24.4 Å². The highest BCUT2D eigenvalue weighted by Gasteiger charge is 2.20. The molecule has 0 spiro atoms. The molecular weight excluding hydrogens is 268 g/mol. The number of nitrogens with zero attached hydrogens (tertiary/aromatic N) is 4. The smallest absolute Gasteiger partial charge is 0.317 e. The zero-order valence-electron chi connectivity index (χ0n) is 11.8. The van der Waals surface area contributed by atoms with Gasteiger partial charge < -0.3 is 14.4 Å². The summed E-state index contributed by atoms with van der Waals surface area (Å²) in [6.45, 7) is 1.45. The minimum atomic E-state index is 0.0673. The number of hydrogen-bond donors (Lipinski definition) is 0. The second kappa shape index (κ2) is 5.83. The van der Waals surface area contributed by atoms with E-state index in [-0.39, 0.29) is 6.10 Å². The molecule has 2 aromatic rings. The van der Waals surface area contributed by atoms with Crippen LogP contribution in [0.2, 0.25) is 0 Å². The van der Waals surface area contributed by atoms with Gasteiger partial charge in [-0.3, -0.25) is 0 Å². The summed E-state index contributed by atoms with van der Waals surface area (Å²) in [6.07, 6.45) is 5.60. The van der Waals surface area contributed by atoms with Crippen molar-refractivity contribution in [2.45, 2.75) is 18.9 Å². The average molecular weight is 284 g/mol. The molecule has 1 saturated heterocycles. The Morgan fingerprint density at radius 1 is 1.33 bits per heavy atom. The highest BCUT2D eigenvalue weighted by Crippen LogP contribution is 2.21. The van der Waals surface area contributed by atoms with E-state index in [9.17, 15) is 0 Å². The van der Waals surface area contributed by atoms with E-state index >= 15 is 0 Å². The zero-order chi connectivity index (χ0) is 14.7. The number of piperidine rings is 1. The molecule has 0 aliphatic carbocycles. The van der Waals surface area contributed by atoms with Crippen LogP contribution in [0.25, 0.3) is 10.9 Å². The van der Waals surface area contributed by atoms with Crippen LogP contribution in [0.5, 0.6) is 11.8 Å². The number of nitriles is 1. The average Bonchev–Trinajstić information content (AvgIpc) is 2.55. The Labute approximate surface area is 122 Å². The lowest BCUT2D eigenvalue weighted by atomic mass is 10.1. The molecule has 0 bridgehead atoms. The van der Waals surface area contributed by atoms with Crippen LogP contribution in [0.1, 0.15) is 12.8 Å². The summed E-state index contributed by atoms with van der Waals surface area (Å²) in [6, 6.07) is 6.04. The second-order valence-corrected chi connectivity index (χ2v) is 4.98. The maximum Gasteiger partial charge on any atom is 0.317 e. The first-order valence-corrected chi connectivity index (χ1v) is 6.90. The van der Waals surface area contributed by atoms with Crippen molar-refractivity contribution in [2.75, 3.05) is 20.2 Å². The molecule has 2 heterocycles. The first-order chi connectivity index (χ1) is 10.3. The molecule has 0 amide bonds. The summed E-state index contributed by atoms with van der Waals surface area (Å²) in [4.78, 5) is 10.4. The van der Waals surface area contributed by atoms with Crippen LogP contribution < -0.4 is 9.47 Å². The quantitative estimate of drug-likeness (QED) is 0.802. The molecule has 1 aromatic heterocycles. The van der Waals surface area contributed by atoms with Crippen LogP contribution in [0.4, 0.5) is 0 Å².